The van der Waals surface area contributed by atoms with Crippen LogP contribution in [0.3, 0.4) is 0 Å². The molecule has 1 aliphatic heterocycles. The first kappa shape index (κ1) is 21.5. The van der Waals surface area contributed by atoms with E-state index >= 15 is 0 Å². The summed E-state index contributed by atoms with van der Waals surface area (Å²) in [5.41, 5.74) is 11.0. The van der Waals surface area contributed by atoms with E-state index in [0.717, 1.165) is 48.8 Å². The molecule has 0 saturated carbocycles. The predicted octanol–water partition coefficient (Wildman–Crippen LogP) is 4.47. The number of nitriles is 1. The van der Waals surface area contributed by atoms with Crippen molar-refractivity contribution in [2.45, 2.75) is 37.6 Å². The third-order valence-corrected chi connectivity index (χ3v) is 8.26. The van der Waals surface area contributed by atoms with Crippen LogP contribution in [0.25, 0.3) is 11.1 Å². The van der Waals surface area contributed by atoms with E-state index in [1.165, 1.54) is 28.2 Å². The van der Waals surface area contributed by atoms with Gasteiger partial charge < -0.3 is 5.73 Å². The first-order valence-corrected chi connectivity index (χ1v) is 11.9. The van der Waals surface area contributed by atoms with Crippen molar-refractivity contribution in [3.63, 3.8) is 0 Å². The Morgan fingerprint density at radius 3 is 2.34 bits per heavy atom. The summed E-state index contributed by atoms with van der Waals surface area (Å²) in [5, 5.41) is 9.32. The third-order valence-electron chi connectivity index (χ3n) is 8.26. The van der Waals surface area contributed by atoms with E-state index in [4.69, 9.17) is 10.7 Å². The fourth-order valence-electron chi connectivity index (χ4n) is 6.46. The number of hydrogen-bond donors (Lipinski definition) is 1. The predicted molar refractivity (Wildman–Crippen MR) is 132 cm³/mol. The standard InChI is InChI=1S/C29H25FN4O/c1-34-26(35)29(33-27(34)32)25-15-21(23-12-18(17-31)13-24(30)14-23)6-7-22(25)16-28(29)10-8-19-4-2-3-5-20(19)9-11-28/h2-7,12-15H,8-11,16H2,1H3,(H2,32,33). The molecule has 174 valence electrons. The normalized spacial score (nSPS) is 22.0. The van der Waals surface area contributed by atoms with Gasteiger partial charge in [0.25, 0.3) is 5.91 Å². The molecule has 6 heteroatoms. The van der Waals surface area contributed by atoms with Crippen molar-refractivity contribution in [3.8, 4) is 17.2 Å². The summed E-state index contributed by atoms with van der Waals surface area (Å²) in [5.74, 6) is -0.341. The van der Waals surface area contributed by atoms with Crippen LogP contribution in [0.4, 0.5) is 4.39 Å². The van der Waals surface area contributed by atoms with Crippen LogP contribution < -0.4 is 5.73 Å². The van der Waals surface area contributed by atoms with Gasteiger partial charge in [-0.1, -0.05) is 36.4 Å². The van der Waals surface area contributed by atoms with Crippen molar-refractivity contribution in [2.24, 2.45) is 16.1 Å². The lowest BCUT2D eigenvalue weighted by atomic mass is 9.65. The van der Waals surface area contributed by atoms with Crippen LogP contribution in [-0.4, -0.2) is 23.8 Å². The minimum absolute atomic E-state index is 0.103. The summed E-state index contributed by atoms with van der Waals surface area (Å²) in [6, 6.07) is 20.8. The SMILES string of the molecule is CN1C(=O)C2(N=C1N)c1cc(-c3cc(F)cc(C#N)c3)ccc1CC21CCc2ccccc2CC1. The van der Waals surface area contributed by atoms with Crippen LogP contribution in [-0.2, 0) is 29.6 Å². The highest BCUT2D eigenvalue weighted by Crippen LogP contribution is 2.61. The molecule has 2 spiro atoms. The molecule has 3 aromatic rings. The molecule has 1 unspecified atom stereocenters. The maximum atomic E-state index is 14.2. The van der Waals surface area contributed by atoms with Gasteiger partial charge in [0.1, 0.15) is 5.82 Å². The molecule has 0 fully saturated rings. The van der Waals surface area contributed by atoms with E-state index in [1.807, 2.05) is 24.3 Å². The number of carbonyl (C=O) groups is 1. The molecule has 5 nitrogen and oxygen atoms in total. The minimum Gasteiger partial charge on any atom is -0.369 e. The fraction of sp³-hybridized carbons (Fsp3) is 0.276. The Balaban J connectivity index is 1.53. The molecule has 2 N–H and O–H groups in total. The number of aliphatic imine (C=N–C) groups is 1. The summed E-state index contributed by atoms with van der Waals surface area (Å²) < 4.78 is 14.2. The summed E-state index contributed by atoms with van der Waals surface area (Å²) in [4.78, 5) is 20.4. The fourth-order valence-corrected chi connectivity index (χ4v) is 6.46. The Kier molecular flexibility index (Phi) is 4.62. The van der Waals surface area contributed by atoms with Gasteiger partial charge in [0.2, 0.25) is 0 Å². The van der Waals surface area contributed by atoms with Crippen molar-refractivity contribution in [1.82, 2.24) is 4.90 Å². The van der Waals surface area contributed by atoms with Gasteiger partial charge in [-0.15, -0.1) is 0 Å². The highest BCUT2D eigenvalue weighted by Gasteiger charge is 2.65. The highest BCUT2D eigenvalue weighted by molar-refractivity contribution is 6.08. The largest absolute Gasteiger partial charge is 0.369 e. The summed E-state index contributed by atoms with van der Waals surface area (Å²) in [6.07, 6.45) is 4.13. The van der Waals surface area contributed by atoms with Gasteiger partial charge in [-0.25, -0.2) is 9.38 Å². The number of likely N-dealkylation sites (N-methyl/N-ethyl adjacent to an activating group) is 1. The van der Waals surface area contributed by atoms with Crippen LogP contribution in [0.15, 0.2) is 65.7 Å². The van der Waals surface area contributed by atoms with Gasteiger partial charge >= 0.3 is 0 Å². The number of halogens is 1. The average Bonchev–Trinajstić information content (AvgIpc) is 3.16. The van der Waals surface area contributed by atoms with Crippen molar-refractivity contribution in [2.75, 3.05) is 7.05 Å². The summed E-state index contributed by atoms with van der Waals surface area (Å²) in [7, 11) is 1.68. The topological polar surface area (TPSA) is 82.5 Å². The Morgan fingerprint density at radius 2 is 1.71 bits per heavy atom. The highest BCUT2D eigenvalue weighted by atomic mass is 19.1. The van der Waals surface area contributed by atoms with Crippen LogP contribution in [0.2, 0.25) is 0 Å². The molecule has 0 radical (unpaired) electrons. The van der Waals surface area contributed by atoms with Crippen LogP contribution in [0, 0.1) is 22.6 Å². The Bertz CT molecular complexity index is 1440. The number of nitrogens with two attached hydrogens (primary N) is 1. The van der Waals surface area contributed by atoms with Crippen molar-refractivity contribution in [3.05, 3.63) is 94.3 Å². The molecule has 1 atom stereocenters. The smallest absolute Gasteiger partial charge is 0.262 e. The van der Waals surface area contributed by atoms with E-state index in [-0.39, 0.29) is 17.4 Å². The number of guanidine groups is 1. The van der Waals surface area contributed by atoms with Gasteiger partial charge in [0.05, 0.1) is 11.6 Å². The maximum absolute atomic E-state index is 14.2. The second-order valence-corrected chi connectivity index (χ2v) is 9.98. The van der Waals surface area contributed by atoms with Crippen LogP contribution >= 0.6 is 0 Å². The first-order chi connectivity index (χ1) is 16.9. The minimum atomic E-state index is -1.11. The van der Waals surface area contributed by atoms with Gasteiger partial charge in [0.15, 0.2) is 11.5 Å². The lowest BCUT2D eigenvalue weighted by Gasteiger charge is -2.40. The van der Waals surface area contributed by atoms with E-state index in [9.17, 15) is 14.4 Å². The number of hydrogen-bond acceptors (Lipinski definition) is 4. The summed E-state index contributed by atoms with van der Waals surface area (Å²) >= 11 is 0. The number of carbonyl (C=O) groups excluding carboxylic acids is 1. The first-order valence-electron chi connectivity index (χ1n) is 11.9. The van der Waals surface area contributed by atoms with Gasteiger partial charge in [0, 0.05) is 12.5 Å². The second kappa shape index (κ2) is 7.51. The zero-order valence-electron chi connectivity index (χ0n) is 19.5. The lowest BCUT2D eigenvalue weighted by Crippen LogP contribution is -2.49. The molecular weight excluding hydrogens is 439 g/mol. The quantitative estimate of drug-likeness (QED) is 0.577. The Labute approximate surface area is 203 Å². The lowest BCUT2D eigenvalue weighted by molar-refractivity contribution is -0.135. The molecule has 0 saturated heterocycles. The number of fused-ring (bicyclic) bond motifs is 4. The second-order valence-electron chi connectivity index (χ2n) is 9.98. The Morgan fingerprint density at radius 1 is 1.00 bits per heavy atom. The molecule has 35 heavy (non-hydrogen) atoms. The van der Waals surface area contributed by atoms with Crippen molar-refractivity contribution in [1.29, 1.82) is 5.26 Å². The van der Waals surface area contributed by atoms with E-state index < -0.39 is 16.8 Å². The van der Waals surface area contributed by atoms with Gasteiger partial charge in [-0.2, -0.15) is 5.26 Å². The monoisotopic (exact) mass is 464 g/mol. The number of rotatable bonds is 1. The van der Waals surface area contributed by atoms with E-state index in [1.54, 1.807) is 13.1 Å². The zero-order valence-corrected chi connectivity index (χ0v) is 19.5. The van der Waals surface area contributed by atoms with Crippen molar-refractivity contribution < 1.29 is 9.18 Å². The zero-order chi connectivity index (χ0) is 24.4. The van der Waals surface area contributed by atoms with Crippen LogP contribution in [0.1, 0.15) is 40.7 Å². The van der Waals surface area contributed by atoms with Gasteiger partial charge in [-0.05, 0) is 89.8 Å². The number of benzene rings is 3. The molecular formula is C29H25FN4O. The molecule has 6 rings (SSSR count). The van der Waals surface area contributed by atoms with Crippen molar-refractivity contribution >= 4 is 11.9 Å². The number of nitrogens with zero attached hydrogens (tertiary/aromatic N) is 3. The maximum Gasteiger partial charge on any atom is 0.262 e. The molecule has 2 aliphatic carbocycles. The average molecular weight is 465 g/mol. The molecule has 3 aliphatic rings. The molecule has 1 amide bonds. The van der Waals surface area contributed by atoms with Crippen LogP contribution in [0.5, 0.6) is 0 Å². The number of amides is 1. The van der Waals surface area contributed by atoms with E-state index in [2.05, 4.69) is 24.3 Å². The van der Waals surface area contributed by atoms with Gasteiger partial charge in [-0.3, -0.25) is 9.69 Å². The number of aryl methyl sites for hydroxylation is 2. The third kappa shape index (κ3) is 2.97. The Hall–Kier alpha value is -3.98. The summed E-state index contributed by atoms with van der Waals surface area (Å²) in [6.45, 7) is 0. The molecule has 3 aromatic carbocycles. The van der Waals surface area contributed by atoms with E-state index in [0.29, 0.717) is 5.56 Å². The molecule has 0 bridgehead atoms. The molecule has 1 heterocycles. The molecule has 0 aromatic heterocycles.